The summed E-state index contributed by atoms with van der Waals surface area (Å²) >= 11 is 0. The molecule has 3 aromatic rings. The number of rotatable bonds is 5. The van der Waals surface area contributed by atoms with Crippen LogP contribution in [0.4, 0.5) is 11.6 Å². The first-order valence-electron chi connectivity index (χ1n) is 7.29. The number of nitrogens with zero attached hydrogens (tertiary/aromatic N) is 1. The molecule has 0 spiro atoms. The zero-order chi connectivity index (χ0) is 16.2. The molecule has 1 aromatic heterocycles. The van der Waals surface area contributed by atoms with Crippen LogP contribution in [0.25, 0.3) is 11.0 Å². The maximum Gasteiger partial charge on any atom is 0.221 e. The van der Waals surface area contributed by atoms with Gasteiger partial charge in [-0.25, -0.2) is 4.98 Å². The van der Waals surface area contributed by atoms with Crippen LogP contribution in [0.5, 0.6) is 5.75 Å². The molecule has 1 amide bonds. The molecule has 6 heteroatoms. The lowest BCUT2D eigenvalue weighted by Gasteiger charge is -2.11. The number of benzene rings is 2. The van der Waals surface area contributed by atoms with E-state index in [4.69, 9.17) is 4.74 Å². The fraction of sp³-hybridized carbons (Fsp3) is 0.176. The third-order valence-corrected chi connectivity index (χ3v) is 3.42. The Morgan fingerprint density at radius 1 is 1.26 bits per heavy atom. The molecule has 118 valence electrons. The fourth-order valence-corrected chi connectivity index (χ4v) is 2.37. The second-order valence-electron chi connectivity index (χ2n) is 5.17. The zero-order valence-corrected chi connectivity index (χ0v) is 13.0. The first kappa shape index (κ1) is 14.9. The number of carbonyl (C=O) groups excluding carboxylic acids is 1. The number of H-pyrrole nitrogens is 1. The summed E-state index contributed by atoms with van der Waals surface area (Å²) in [5.41, 5.74) is 3.58. The Kier molecular flexibility index (Phi) is 4.14. The van der Waals surface area contributed by atoms with Crippen molar-refractivity contribution in [1.29, 1.82) is 0 Å². The molecule has 0 saturated carbocycles. The van der Waals surface area contributed by atoms with Gasteiger partial charge in [0.25, 0.3) is 0 Å². The Bertz CT molecular complexity index is 808. The van der Waals surface area contributed by atoms with Gasteiger partial charge < -0.3 is 20.4 Å². The molecule has 0 saturated heterocycles. The molecule has 0 bridgehead atoms. The van der Waals surface area contributed by atoms with Crippen molar-refractivity contribution in [3.8, 4) is 5.75 Å². The van der Waals surface area contributed by atoms with Crippen LogP contribution in [0.1, 0.15) is 12.5 Å². The van der Waals surface area contributed by atoms with Crippen LogP contribution >= 0.6 is 0 Å². The molecule has 0 radical (unpaired) electrons. The molecule has 0 fully saturated rings. The van der Waals surface area contributed by atoms with E-state index >= 15 is 0 Å². The van der Waals surface area contributed by atoms with E-state index < -0.39 is 0 Å². The number of imidazole rings is 1. The third kappa shape index (κ3) is 3.42. The van der Waals surface area contributed by atoms with Gasteiger partial charge in [-0.3, -0.25) is 4.79 Å². The second-order valence-corrected chi connectivity index (χ2v) is 5.17. The number of nitrogens with one attached hydrogen (secondary N) is 3. The predicted molar refractivity (Wildman–Crippen MR) is 90.7 cm³/mol. The Hall–Kier alpha value is -3.02. The van der Waals surface area contributed by atoms with Crippen molar-refractivity contribution in [3.05, 3.63) is 48.0 Å². The molecule has 0 atom stereocenters. The number of amides is 1. The van der Waals surface area contributed by atoms with Crippen LogP contribution in [-0.2, 0) is 11.3 Å². The molecule has 0 aliphatic rings. The van der Waals surface area contributed by atoms with Crippen molar-refractivity contribution in [2.75, 3.05) is 17.7 Å². The van der Waals surface area contributed by atoms with Gasteiger partial charge in [0.1, 0.15) is 5.75 Å². The van der Waals surface area contributed by atoms with E-state index in [2.05, 4.69) is 20.6 Å². The van der Waals surface area contributed by atoms with E-state index in [1.807, 2.05) is 42.5 Å². The Labute approximate surface area is 133 Å². The zero-order valence-electron chi connectivity index (χ0n) is 13.0. The third-order valence-electron chi connectivity index (χ3n) is 3.42. The highest BCUT2D eigenvalue weighted by Crippen LogP contribution is 2.26. The van der Waals surface area contributed by atoms with Gasteiger partial charge in [0, 0.05) is 13.5 Å². The van der Waals surface area contributed by atoms with Gasteiger partial charge in [-0.05, 0) is 29.8 Å². The summed E-state index contributed by atoms with van der Waals surface area (Å²) in [5, 5.41) is 6.02. The standard InChI is InChI=1S/C17H18N4O2/c1-11(22)19-15-9-12(7-8-16(15)23-2)10-18-17-20-13-5-3-4-6-14(13)21-17/h3-9H,10H2,1-2H3,(H,19,22)(H2,18,20,21). The van der Waals surface area contributed by atoms with Crippen LogP contribution in [0.15, 0.2) is 42.5 Å². The first-order valence-corrected chi connectivity index (χ1v) is 7.29. The van der Waals surface area contributed by atoms with Gasteiger partial charge in [-0.2, -0.15) is 0 Å². The Morgan fingerprint density at radius 3 is 2.83 bits per heavy atom. The molecule has 23 heavy (non-hydrogen) atoms. The van der Waals surface area contributed by atoms with E-state index in [1.54, 1.807) is 7.11 Å². The lowest BCUT2D eigenvalue weighted by Crippen LogP contribution is -2.08. The summed E-state index contributed by atoms with van der Waals surface area (Å²) in [6.45, 7) is 2.05. The number of hydrogen-bond donors (Lipinski definition) is 3. The van der Waals surface area contributed by atoms with Crippen molar-refractivity contribution in [3.63, 3.8) is 0 Å². The van der Waals surface area contributed by atoms with Crippen LogP contribution in [0.3, 0.4) is 0 Å². The van der Waals surface area contributed by atoms with Gasteiger partial charge in [0.2, 0.25) is 11.9 Å². The van der Waals surface area contributed by atoms with Crippen molar-refractivity contribution in [1.82, 2.24) is 9.97 Å². The summed E-state index contributed by atoms with van der Waals surface area (Å²) in [5.74, 6) is 1.21. The largest absolute Gasteiger partial charge is 0.495 e. The smallest absolute Gasteiger partial charge is 0.221 e. The van der Waals surface area contributed by atoms with Gasteiger partial charge in [0.15, 0.2) is 0 Å². The Balaban J connectivity index is 1.75. The number of para-hydroxylation sites is 2. The average molecular weight is 310 g/mol. The minimum Gasteiger partial charge on any atom is -0.495 e. The number of methoxy groups -OCH3 is 1. The van der Waals surface area contributed by atoms with E-state index in [0.29, 0.717) is 23.9 Å². The first-order chi connectivity index (χ1) is 11.2. The average Bonchev–Trinajstić information content (AvgIpc) is 2.95. The highest BCUT2D eigenvalue weighted by Gasteiger charge is 2.07. The van der Waals surface area contributed by atoms with Crippen LogP contribution in [-0.4, -0.2) is 23.0 Å². The molecule has 0 aliphatic carbocycles. The van der Waals surface area contributed by atoms with Crippen LogP contribution < -0.4 is 15.4 Å². The molecule has 0 unspecified atom stereocenters. The van der Waals surface area contributed by atoms with E-state index in [-0.39, 0.29) is 5.91 Å². The molecule has 3 rings (SSSR count). The summed E-state index contributed by atoms with van der Waals surface area (Å²) < 4.78 is 5.25. The summed E-state index contributed by atoms with van der Waals surface area (Å²) in [6, 6.07) is 13.5. The summed E-state index contributed by atoms with van der Waals surface area (Å²) in [4.78, 5) is 19.0. The highest BCUT2D eigenvalue weighted by molar-refractivity contribution is 5.90. The molecular formula is C17H18N4O2. The molecule has 0 aliphatic heterocycles. The number of carbonyl (C=O) groups is 1. The van der Waals surface area contributed by atoms with Crippen LogP contribution in [0, 0.1) is 0 Å². The quantitative estimate of drug-likeness (QED) is 0.676. The monoisotopic (exact) mass is 310 g/mol. The van der Waals surface area contributed by atoms with Gasteiger partial charge in [-0.1, -0.05) is 18.2 Å². The number of fused-ring (bicyclic) bond motifs is 1. The summed E-state index contributed by atoms with van der Waals surface area (Å²) in [7, 11) is 1.58. The molecule has 2 aromatic carbocycles. The van der Waals surface area contributed by atoms with Gasteiger partial charge in [-0.15, -0.1) is 0 Å². The number of anilines is 2. The van der Waals surface area contributed by atoms with Crippen molar-refractivity contribution in [2.24, 2.45) is 0 Å². The molecule has 1 heterocycles. The van der Waals surface area contributed by atoms with Crippen LogP contribution in [0.2, 0.25) is 0 Å². The highest BCUT2D eigenvalue weighted by atomic mass is 16.5. The van der Waals surface area contributed by atoms with E-state index in [1.165, 1.54) is 6.92 Å². The number of hydrogen-bond acceptors (Lipinski definition) is 4. The van der Waals surface area contributed by atoms with Crippen molar-refractivity contribution >= 4 is 28.6 Å². The normalized spacial score (nSPS) is 10.5. The molecule has 6 nitrogen and oxygen atoms in total. The van der Waals surface area contributed by atoms with Gasteiger partial charge >= 0.3 is 0 Å². The SMILES string of the molecule is COc1ccc(CNc2nc3ccccc3[nH]2)cc1NC(C)=O. The fourth-order valence-electron chi connectivity index (χ4n) is 2.37. The summed E-state index contributed by atoms with van der Waals surface area (Å²) in [6.07, 6.45) is 0. The Morgan fingerprint density at radius 2 is 2.09 bits per heavy atom. The van der Waals surface area contributed by atoms with Gasteiger partial charge in [0.05, 0.1) is 23.8 Å². The number of ether oxygens (including phenoxy) is 1. The lowest BCUT2D eigenvalue weighted by molar-refractivity contribution is -0.114. The maximum atomic E-state index is 11.3. The van der Waals surface area contributed by atoms with E-state index in [9.17, 15) is 4.79 Å². The topological polar surface area (TPSA) is 79.0 Å². The van der Waals surface area contributed by atoms with E-state index in [0.717, 1.165) is 16.6 Å². The van der Waals surface area contributed by atoms with Crippen molar-refractivity contribution in [2.45, 2.75) is 13.5 Å². The van der Waals surface area contributed by atoms with Crippen molar-refractivity contribution < 1.29 is 9.53 Å². The molecular weight excluding hydrogens is 292 g/mol. The minimum absolute atomic E-state index is 0.134. The number of aromatic nitrogens is 2. The predicted octanol–water partition coefficient (Wildman–Crippen LogP) is 3.14. The minimum atomic E-state index is -0.134. The lowest BCUT2D eigenvalue weighted by atomic mass is 10.2. The maximum absolute atomic E-state index is 11.3. The number of aromatic amines is 1. The molecule has 3 N–H and O–H groups in total. The second kappa shape index (κ2) is 6.39.